The molecule has 0 heterocycles. The second kappa shape index (κ2) is 10.4. The molecular weight excluding hydrogens is 446 g/mol. The van der Waals surface area contributed by atoms with E-state index in [9.17, 15) is 19.7 Å². The number of carbonyl (C=O) groups excluding carboxylic acids is 2. The van der Waals surface area contributed by atoms with Gasteiger partial charge in [0.2, 0.25) is 0 Å². The number of hydrogen-bond donors (Lipinski definition) is 2. The molecule has 168 valence electrons. The van der Waals surface area contributed by atoms with E-state index in [1.165, 1.54) is 43.5 Å². The first kappa shape index (κ1) is 23.5. The molecule has 3 aromatic carbocycles. The van der Waals surface area contributed by atoms with Crippen molar-refractivity contribution in [3.05, 3.63) is 104 Å². The van der Waals surface area contributed by atoms with Gasteiger partial charge in [-0.05, 0) is 54.5 Å². The average Bonchev–Trinajstić information content (AvgIpc) is 2.78. The molecule has 0 aliphatic heterocycles. The van der Waals surface area contributed by atoms with Gasteiger partial charge in [-0.1, -0.05) is 35.9 Å². The molecule has 0 bridgehead atoms. The highest BCUT2D eigenvalue weighted by atomic mass is 35.5. The minimum Gasteiger partial charge on any atom is -0.497 e. The van der Waals surface area contributed by atoms with Gasteiger partial charge in [-0.15, -0.1) is 0 Å². The number of hydrogen-bond acceptors (Lipinski definition) is 5. The van der Waals surface area contributed by atoms with E-state index in [1.807, 2.05) is 13.0 Å². The van der Waals surface area contributed by atoms with E-state index in [0.29, 0.717) is 17.0 Å². The number of anilines is 1. The van der Waals surface area contributed by atoms with Crippen LogP contribution in [-0.4, -0.2) is 23.8 Å². The number of nitro benzene ring substituents is 1. The molecule has 2 N–H and O–H groups in total. The van der Waals surface area contributed by atoms with E-state index in [0.717, 1.165) is 5.56 Å². The Kier molecular flexibility index (Phi) is 7.42. The number of methoxy groups -OCH3 is 1. The first-order valence-corrected chi connectivity index (χ1v) is 10.1. The van der Waals surface area contributed by atoms with Gasteiger partial charge in [0.15, 0.2) is 0 Å². The lowest BCUT2D eigenvalue weighted by atomic mass is 10.1. The van der Waals surface area contributed by atoms with Crippen molar-refractivity contribution in [1.29, 1.82) is 0 Å². The van der Waals surface area contributed by atoms with Crippen molar-refractivity contribution in [2.75, 3.05) is 12.4 Å². The van der Waals surface area contributed by atoms with Crippen molar-refractivity contribution < 1.29 is 19.2 Å². The molecule has 0 radical (unpaired) electrons. The average molecular weight is 466 g/mol. The van der Waals surface area contributed by atoms with E-state index in [4.69, 9.17) is 16.3 Å². The van der Waals surface area contributed by atoms with Crippen LogP contribution in [0.3, 0.4) is 0 Å². The highest BCUT2D eigenvalue weighted by Crippen LogP contribution is 2.23. The highest BCUT2D eigenvalue weighted by Gasteiger charge is 2.18. The highest BCUT2D eigenvalue weighted by molar-refractivity contribution is 6.34. The van der Waals surface area contributed by atoms with Crippen LogP contribution in [0, 0.1) is 17.0 Å². The normalized spacial score (nSPS) is 10.9. The van der Waals surface area contributed by atoms with Gasteiger partial charge in [-0.25, -0.2) is 0 Å². The number of carbonyl (C=O) groups is 2. The summed E-state index contributed by atoms with van der Waals surface area (Å²) in [6, 6.07) is 17.4. The van der Waals surface area contributed by atoms with Crippen LogP contribution in [0.25, 0.3) is 6.08 Å². The van der Waals surface area contributed by atoms with Gasteiger partial charge in [0.05, 0.1) is 22.6 Å². The number of non-ortho nitro benzene ring substituents is 1. The van der Waals surface area contributed by atoms with Crippen molar-refractivity contribution in [1.82, 2.24) is 5.32 Å². The Balaban J connectivity index is 1.95. The fraction of sp³-hybridized carbons (Fsp3) is 0.0833. The smallest absolute Gasteiger partial charge is 0.272 e. The van der Waals surface area contributed by atoms with Crippen LogP contribution in [-0.2, 0) is 4.79 Å². The lowest BCUT2D eigenvalue weighted by Crippen LogP contribution is -2.31. The first-order chi connectivity index (χ1) is 15.8. The molecule has 2 amide bonds. The number of benzene rings is 3. The van der Waals surface area contributed by atoms with Crippen LogP contribution in [0.4, 0.5) is 11.4 Å². The summed E-state index contributed by atoms with van der Waals surface area (Å²) >= 11 is 6.19. The Bertz CT molecular complexity index is 1260. The minimum atomic E-state index is -0.626. The van der Waals surface area contributed by atoms with E-state index in [-0.39, 0.29) is 22.0 Å². The SMILES string of the molecule is COc1ccc(C(=O)NC(=Cc2cccc([N+](=O)[O-])c2)C(=O)Nc2cccc(C)c2)c(Cl)c1. The summed E-state index contributed by atoms with van der Waals surface area (Å²) in [5.74, 6) is -0.759. The number of amides is 2. The summed E-state index contributed by atoms with van der Waals surface area (Å²) in [7, 11) is 1.47. The molecule has 0 saturated heterocycles. The van der Waals surface area contributed by atoms with Crippen molar-refractivity contribution in [2.24, 2.45) is 0 Å². The van der Waals surface area contributed by atoms with Crippen LogP contribution < -0.4 is 15.4 Å². The fourth-order valence-corrected chi connectivity index (χ4v) is 3.23. The minimum absolute atomic E-state index is 0.117. The van der Waals surface area contributed by atoms with Gasteiger partial charge in [0, 0.05) is 17.8 Å². The van der Waals surface area contributed by atoms with Gasteiger partial charge in [0.25, 0.3) is 17.5 Å². The van der Waals surface area contributed by atoms with Crippen molar-refractivity contribution in [3.8, 4) is 5.75 Å². The van der Waals surface area contributed by atoms with Crippen LogP contribution in [0.1, 0.15) is 21.5 Å². The lowest BCUT2D eigenvalue weighted by Gasteiger charge is -2.13. The Morgan fingerprint density at radius 2 is 1.82 bits per heavy atom. The van der Waals surface area contributed by atoms with Crippen molar-refractivity contribution >= 4 is 40.9 Å². The Hall–Kier alpha value is -4.17. The molecule has 3 rings (SSSR count). The number of nitro groups is 1. The second-order valence-electron chi connectivity index (χ2n) is 7.03. The Labute approximate surface area is 195 Å². The molecule has 33 heavy (non-hydrogen) atoms. The summed E-state index contributed by atoms with van der Waals surface area (Å²) in [6.07, 6.45) is 1.35. The zero-order valence-corrected chi connectivity index (χ0v) is 18.6. The fourth-order valence-electron chi connectivity index (χ4n) is 2.97. The van der Waals surface area contributed by atoms with E-state index in [2.05, 4.69) is 10.6 Å². The molecule has 0 unspecified atom stereocenters. The number of aryl methyl sites for hydroxylation is 1. The van der Waals surface area contributed by atoms with Gasteiger partial charge < -0.3 is 15.4 Å². The molecule has 3 aromatic rings. The number of rotatable bonds is 7. The number of nitrogens with one attached hydrogen (secondary N) is 2. The zero-order valence-electron chi connectivity index (χ0n) is 17.8. The third-order valence-electron chi connectivity index (χ3n) is 4.58. The predicted molar refractivity (Wildman–Crippen MR) is 126 cm³/mol. The summed E-state index contributed by atoms with van der Waals surface area (Å²) in [6.45, 7) is 1.88. The monoisotopic (exact) mass is 465 g/mol. The maximum Gasteiger partial charge on any atom is 0.272 e. The molecule has 0 aliphatic carbocycles. The van der Waals surface area contributed by atoms with E-state index >= 15 is 0 Å². The summed E-state index contributed by atoms with van der Waals surface area (Å²) in [4.78, 5) is 36.5. The number of nitrogens with zero attached hydrogens (tertiary/aromatic N) is 1. The maximum atomic E-state index is 13.0. The lowest BCUT2D eigenvalue weighted by molar-refractivity contribution is -0.384. The standard InChI is InChI=1S/C24H20ClN3O5/c1-15-5-3-7-17(11-15)26-24(30)22(13-16-6-4-8-18(12-16)28(31)32)27-23(29)20-10-9-19(33-2)14-21(20)25/h3-14H,1-2H3,(H,26,30)(H,27,29). The molecule has 0 aromatic heterocycles. The summed E-state index contributed by atoms with van der Waals surface area (Å²) < 4.78 is 5.09. The van der Waals surface area contributed by atoms with Crippen LogP contribution in [0.5, 0.6) is 5.75 Å². The van der Waals surface area contributed by atoms with Gasteiger partial charge in [0.1, 0.15) is 11.4 Å². The van der Waals surface area contributed by atoms with Gasteiger partial charge in [-0.3, -0.25) is 19.7 Å². The maximum absolute atomic E-state index is 13.0. The third kappa shape index (κ3) is 6.18. The third-order valence-corrected chi connectivity index (χ3v) is 4.89. The number of halogens is 1. The van der Waals surface area contributed by atoms with E-state index in [1.54, 1.807) is 30.3 Å². The molecular formula is C24H20ClN3O5. The summed E-state index contributed by atoms with van der Waals surface area (Å²) in [5, 5.41) is 16.5. The molecule has 0 atom stereocenters. The van der Waals surface area contributed by atoms with Gasteiger partial charge >= 0.3 is 0 Å². The molecule has 9 heteroatoms. The molecule has 0 fully saturated rings. The largest absolute Gasteiger partial charge is 0.497 e. The van der Waals surface area contributed by atoms with Gasteiger partial charge in [-0.2, -0.15) is 0 Å². The van der Waals surface area contributed by atoms with Crippen molar-refractivity contribution in [3.63, 3.8) is 0 Å². The Morgan fingerprint density at radius 1 is 1.06 bits per heavy atom. The van der Waals surface area contributed by atoms with Crippen LogP contribution in [0.15, 0.2) is 72.4 Å². The predicted octanol–water partition coefficient (Wildman–Crippen LogP) is 4.97. The topological polar surface area (TPSA) is 111 Å². The molecule has 0 saturated carbocycles. The van der Waals surface area contributed by atoms with Crippen LogP contribution >= 0.6 is 11.6 Å². The molecule has 0 spiro atoms. The zero-order chi connectivity index (χ0) is 24.0. The van der Waals surface area contributed by atoms with E-state index < -0.39 is 16.7 Å². The number of ether oxygens (including phenoxy) is 1. The van der Waals surface area contributed by atoms with Crippen LogP contribution in [0.2, 0.25) is 5.02 Å². The first-order valence-electron chi connectivity index (χ1n) is 9.76. The second-order valence-corrected chi connectivity index (χ2v) is 7.44. The molecule has 0 aliphatic rings. The quantitative estimate of drug-likeness (QED) is 0.290. The summed E-state index contributed by atoms with van der Waals surface area (Å²) in [5.41, 5.74) is 1.69. The van der Waals surface area contributed by atoms with Crippen molar-refractivity contribution in [2.45, 2.75) is 6.92 Å². The molecule has 8 nitrogen and oxygen atoms in total. The Morgan fingerprint density at radius 3 is 2.48 bits per heavy atom.